The van der Waals surface area contributed by atoms with E-state index in [0.29, 0.717) is 39.7 Å². The lowest BCUT2D eigenvalue weighted by atomic mass is 10.1. The van der Waals surface area contributed by atoms with Gasteiger partial charge in [-0.2, -0.15) is 0 Å². The summed E-state index contributed by atoms with van der Waals surface area (Å²) in [7, 11) is -3.59. The van der Waals surface area contributed by atoms with Crippen molar-refractivity contribution in [1.29, 1.82) is 0 Å². The summed E-state index contributed by atoms with van der Waals surface area (Å²) in [6, 6.07) is 15.9. The van der Waals surface area contributed by atoms with E-state index in [-0.39, 0.29) is 17.4 Å². The van der Waals surface area contributed by atoms with Gasteiger partial charge in [0.15, 0.2) is 9.84 Å². The van der Waals surface area contributed by atoms with Crippen LogP contribution in [0, 0.1) is 20.8 Å². The SMILES string of the molecule is Cc1cccc(Cl)c1CCNC(=O)c1cccc(CS(=O)(=O)c2c(C)cccc2C)n1. The van der Waals surface area contributed by atoms with Gasteiger partial charge < -0.3 is 5.32 Å². The summed E-state index contributed by atoms with van der Waals surface area (Å²) in [5.74, 6) is -0.616. The highest BCUT2D eigenvalue weighted by molar-refractivity contribution is 7.90. The predicted octanol–water partition coefficient (Wildman–Crippen LogP) is 4.61. The van der Waals surface area contributed by atoms with Crippen molar-refractivity contribution in [3.05, 3.63) is 93.3 Å². The maximum Gasteiger partial charge on any atom is 0.269 e. The summed E-state index contributed by atoms with van der Waals surface area (Å²) in [5, 5.41) is 3.50. The summed E-state index contributed by atoms with van der Waals surface area (Å²) in [6.45, 7) is 5.93. The first kappa shape index (κ1) is 23.0. The predicted molar refractivity (Wildman–Crippen MR) is 123 cm³/mol. The quantitative estimate of drug-likeness (QED) is 0.563. The summed E-state index contributed by atoms with van der Waals surface area (Å²) >= 11 is 6.23. The Kier molecular flexibility index (Phi) is 7.13. The minimum Gasteiger partial charge on any atom is -0.350 e. The lowest BCUT2D eigenvalue weighted by Gasteiger charge is -2.11. The molecule has 0 aliphatic heterocycles. The third kappa shape index (κ3) is 5.51. The van der Waals surface area contributed by atoms with Gasteiger partial charge in [0.05, 0.1) is 16.3 Å². The van der Waals surface area contributed by atoms with Gasteiger partial charge in [-0.15, -0.1) is 0 Å². The van der Waals surface area contributed by atoms with Gasteiger partial charge in [0.25, 0.3) is 5.91 Å². The summed E-state index contributed by atoms with van der Waals surface area (Å²) in [5.41, 5.74) is 3.97. The van der Waals surface area contributed by atoms with Crippen LogP contribution in [0.1, 0.15) is 38.4 Å². The molecule has 1 heterocycles. The summed E-state index contributed by atoms with van der Waals surface area (Å²) < 4.78 is 25.9. The molecule has 1 aromatic heterocycles. The minimum atomic E-state index is -3.59. The second-order valence-electron chi connectivity index (χ2n) is 7.54. The molecular weight excluding hydrogens is 432 g/mol. The normalized spacial score (nSPS) is 11.4. The fourth-order valence-electron chi connectivity index (χ4n) is 3.62. The van der Waals surface area contributed by atoms with Crippen LogP contribution >= 0.6 is 11.6 Å². The largest absolute Gasteiger partial charge is 0.350 e. The van der Waals surface area contributed by atoms with Crippen molar-refractivity contribution in [3.8, 4) is 0 Å². The number of carbonyl (C=O) groups excluding carboxylic acids is 1. The van der Waals surface area contributed by atoms with Gasteiger partial charge in [-0.1, -0.05) is 48.0 Å². The van der Waals surface area contributed by atoms with Crippen molar-refractivity contribution in [2.75, 3.05) is 6.54 Å². The maximum absolute atomic E-state index is 13.0. The second kappa shape index (κ2) is 9.62. The van der Waals surface area contributed by atoms with E-state index >= 15 is 0 Å². The molecule has 31 heavy (non-hydrogen) atoms. The first-order valence-electron chi connectivity index (χ1n) is 9.96. The van der Waals surface area contributed by atoms with Crippen LogP contribution in [-0.4, -0.2) is 25.9 Å². The van der Waals surface area contributed by atoms with Crippen LogP contribution in [0.25, 0.3) is 0 Å². The van der Waals surface area contributed by atoms with Gasteiger partial charge in [0.2, 0.25) is 0 Å². The fraction of sp³-hybridized carbons (Fsp3) is 0.250. The molecule has 0 spiro atoms. The molecule has 7 heteroatoms. The molecule has 0 aliphatic carbocycles. The fourth-order valence-corrected chi connectivity index (χ4v) is 5.75. The maximum atomic E-state index is 13.0. The molecule has 0 aliphatic rings. The zero-order chi connectivity index (χ0) is 22.6. The number of aryl methyl sites for hydroxylation is 3. The molecule has 2 aromatic carbocycles. The van der Waals surface area contributed by atoms with Gasteiger partial charge in [-0.3, -0.25) is 4.79 Å². The van der Waals surface area contributed by atoms with E-state index in [2.05, 4.69) is 10.3 Å². The van der Waals surface area contributed by atoms with Crippen molar-refractivity contribution in [2.45, 2.75) is 37.8 Å². The van der Waals surface area contributed by atoms with E-state index in [1.54, 1.807) is 44.2 Å². The number of nitrogens with zero attached hydrogens (tertiary/aromatic N) is 1. The molecule has 0 saturated heterocycles. The van der Waals surface area contributed by atoms with Crippen molar-refractivity contribution in [2.24, 2.45) is 0 Å². The minimum absolute atomic E-state index is 0.185. The molecule has 0 radical (unpaired) electrons. The van der Waals surface area contributed by atoms with Crippen LogP contribution in [0.5, 0.6) is 0 Å². The Hall–Kier alpha value is -2.70. The lowest BCUT2D eigenvalue weighted by molar-refractivity contribution is 0.0949. The topological polar surface area (TPSA) is 76.1 Å². The second-order valence-corrected chi connectivity index (χ2v) is 9.87. The first-order valence-corrected chi connectivity index (χ1v) is 12.0. The summed E-state index contributed by atoms with van der Waals surface area (Å²) in [6.07, 6.45) is 0.595. The number of carbonyl (C=O) groups is 1. The number of pyridine rings is 1. The number of benzene rings is 2. The highest BCUT2D eigenvalue weighted by Gasteiger charge is 2.21. The van der Waals surface area contributed by atoms with E-state index in [0.717, 1.165) is 11.1 Å². The number of hydrogen-bond donors (Lipinski definition) is 1. The van der Waals surface area contributed by atoms with Crippen LogP contribution in [0.4, 0.5) is 0 Å². The number of sulfone groups is 1. The van der Waals surface area contributed by atoms with E-state index in [1.165, 1.54) is 0 Å². The molecular formula is C24H25ClN2O3S. The Bertz CT molecular complexity index is 1180. The zero-order valence-electron chi connectivity index (χ0n) is 17.8. The van der Waals surface area contributed by atoms with Gasteiger partial charge in [-0.25, -0.2) is 13.4 Å². The van der Waals surface area contributed by atoms with Gasteiger partial charge in [0, 0.05) is 11.6 Å². The van der Waals surface area contributed by atoms with E-state index in [4.69, 9.17) is 11.6 Å². The average molecular weight is 457 g/mol. The molecule has 0 unspecified atom stereocenters. The highest BCUT2D eigenvalue weighted by Crippen LogP contribution is 2.23. The average Bonchev–Trinajstić information content (AvgIpc) is 2.69. The Morgan fingerprint density at radius 1 is 0.935 bits per heavy atom. The molecule has 1 amide bonds. The smallest absolute Gasteiger partial charge is 0.269 e. The Balaban J connectivity index is 1.70. The van der Waals surface area contributed by atoms with Crippen LogP contribution in [0.3, 0.4) is 0 Å². The number of aromatic nitrogens is 1. The molecule has 0 fully saturated rings. The molecule has 3 aromatic rings. The van der Waals surface area contributed by atoms with Crippen molar-refractivity contribution in [1.82, 2.24) is 10.3 Å². The van der Waals surface area contributed by atoms with Crippen LogP contribution in [0.2, 0.25) is 5.02 Å². The van der Waals surface area contributed by atoms with Crippen molar-refractivity contribution in [3.63, 3.8) is 0 Å². The van der Waals surface area contributed by atoms with E-state index < -0.39 is 9.84 Å². The first-order chi connectivity index (χ1) is 14.7. The number of halogens is 1. The van der Waals surface area contributed by atoms with Crippen LogP contribution < -0.4 is 5.32 Å². The van der Waals surface area contributed by atoms with E-state index in [1.807, 2.05) is 31.2 Å². The highest BCUT2D eigenvalue weighted by atomic mass is 35.5. The Morgan fingerprint density at radius 3 is 2.23 bits per heavy atom. The molecule has 0 bridgehead atoms. The summed E-state index contributed by atoms with van der Waals surface area (Å²) in [4.78, 5) is 17.2. The Labute approximate surface area is 188 Å². The zero-order valence-corrected chi connectivity index (χ0v) is 19.3. The molecule has 3 rings (SSSR count). The Morgan fingerprint density at radius 2 is 1.55 bits per heavy atom. The molecule has 1 N–H and O–H groups in total. The van der Waals surface area contributed by atoms with Gasteiger partial charge in [-0.05, 0) is 67.6 Å². The standard InChI is InChI=1S/C24H25ClN2O3S/c1-16-7-5-11-21(25)20(16)13-14-26-24(28)22-12-6-10-19(27-22)15-31(29,30)23-17(2)8-4-9-18(23)3/h4-12H,13-15H2,1-3H3,(H,26,28). The van der Waals surface area contributed by atoms with Crippen LogP contribution in [-0.2, 0) is 22.0 Å². The van der Waals surface area contributed by atoms with Gasteiger partial charge in [0.1, 0.15) is 5.69 Å². The lowest BCUT2D eigenvalue weighted by Crippen LogP contribution is -2.27. The number of rotatable bonds is 7. The molecule has 162 valence electrons. The van der Waals surface area contributed by atoms with Gasteiger partial charge >= 0.3 is 0 Å². The number of nitrogens with one attached hydrogen (secondary N) is 1. The number of hydrogen-bond acceptors (Lipinski definition) is 4. The number of amides is 1. The van der Waals surface area contributed by atoms with Crippen molar-refractivity contribution >= 4 is 27.3 Å². The monoisotopic (exact) mass is 456 g/mol. The molecule has 0 atom stereocenters. The third-order valence-corrected chi connectivity index (χ3v) is 7.41. The van der Waals surface area contributed by atoms with E-state index in [9.17, 15) is 13.2 Å². The third-order valence-electron chi connectivity index (χ3n) is 5.11. The van der Waals surface area contributed by atoms with Crippen molar-refractivity contribution < 1.29 is 13.2 Å². The van der Waals surface area contributed by atoms with Crippen LogP contribution in [0.15, 0.2) is 59.5 Å². The molecule has 5 nitrogen and oxygen atoms in total. The molecule has 0 saturated carbocycles.